The molecule has 2 nitrogen and oxygen atoms in total. The molecule has 0 bridgehead atoms. The Balaban J connectivity index is 1.97. The Morgan fingerprint density at radius 3 is 2.40 bits per heavy atom. The van der Waals surface area contributed by atoms with E-state index in [1.807, 2.05) is 0 Å². The van der Waals surface area contributed by atoms with Crippen LogP contribution in [-0.2, 0) is 6.42 Å². The van der Waals surface area contributed by atoms with E-state index in [-0.39, 0.29) is 0 Å². The van der Waals surface area contributed by atoms with Crippen molar-refractivity contribution < 1.29 is 0 Å². The molecule has 0 spiro atoms. The van der Waals surface area contributed by atoms with Gasteiger partial charge >= 0.3 is 0 Å². The molecule has 1 heterocycles. The second-order valence-corrected chi connectivity index (χ2v) is 5.02. The van der Waals surface area contributed by atoms with Gasteiger partial charge < -0.3 is 0 Å². The molecule has 0 fully saturated rings. The summed E-state index contributed by atoms with van der Waals surface area (Å²) in [6.07, 6.45) is 1.00. The Kier molecular flexibility index (Phi) is 3.46. The highest BCUT2D eigenvalue weighted by atomic mass is 15.0. The van der Waals surface area contributed by atoms with Crippen LogP contribution in [-0.4, -0.2) is 18.1 Å². The fraction of sp³-hybridized carbons (Fsp3) is 0.222. The quantitative estimate of drug-likeness (QED) is 0.803. The van der Waals surface area contributed by atoms with Gasteiger partial charge in [-0.15, -0.1) is 0 Å². The van der Waals surface area contributed by atoms with Gasteiger partial charge in [-0.3, -0.25) is 4.99 Å². The first-order chi connectivity index (χ1) is 9.79. The van der Waals surface area contributed by atoms with Crippen LogP contribution in [0.4, 0.5) is 0 Å². The molecule has 0 N–H and O–H groups in total. The SMILES string of the molecule is CCc1ccccc1C1=NCC(c2ccccc2C)=N1. The first-order valence-corrected chi connectivity index (χ1v) is 7.06. The monoisotopic (exact) mass is 262 g/mol. The van der Waals surface area contributed by atoms with Gasteiger partial charge in [-0.2, -0.15) is 0 Å². The number of amidine groups is 1. The second-order valence-electron chi connectivity index (χ2n) is 5.02. The topological polar surface area (TPSA) is 24.7 Å². The zero-order valence-corrected chi connectivity index (χ0v) is 11.9. The van der Waals surface area contributed by atoms with E-state index in [9.17, 15) is 0 Å². The van der Waals surface area contributed by atoms with Crippen molar-refractivity contribution >= 4 is 11.5 Å². The summed E-state index contributed by atoms with van der Waals surface area (Å²) >= 11 is 0. The zero-order valence-electron chi connectivity index (χ0n) is 11.9. The molecule has 20 heavy (non-hydrogen) atoms. The maximum Gasteiger partial charge on any atom is 0.155 e. The first kappa shape index (κ1) is 12.8. The van der Waals surface area contributed by atoms with Crippen LogP contribution in [0.3, 0.4) is 0 Å². The molecule has 2 aromatic carbocycles. The maximum atomic E-state index is 4.76. The number of aliphatic imine (C=N–C) groups is 2. The fourth-order valence-corrected chi connectivity index (χ4v) is 2.58. The van der Waals surface area contributed by atoms with E-state index in [2.05, 4.69) is 67.4 Å². The minimum Gasteiger partial charge on any atom is -0.260 e. The molecule has 0 saturated heterocycles. The van der Waals surface area contributed by atoms with Gasteiger partial charge in [0.2, 0.25) is 0 Å². The van der Waals surface area contributed by atoms with Crippen molar-refractivity contribution in [2.45, 2.75) is 20.3 Å². The number of nitrogens with zero attached hydrogens (tertiary/aromatic N) is 2. The Morgan fingerprint density at radius 2 is 1.65 bits per heavy atom. The van der Waals surface area contributed by atoms with Crippen LogP contribution in [0.15, 0.2) is 58.5 Å². The van der Waals surface area contributed by atoms with E-state index >= 15 is 0 Å². The van der Waals surface area contributed by atoms with Crippen LogP contribution in [0.1, 0.15) is 29.2 Å². The van der Waals surface area contributed by atoms with E-state index in [0.29, 0.717) is 6.54 Å². The summed E-state index contributed by atoms with van der Waals surface area (Å²) in [4.78, 5) is 9.39. The van der Waals surface area contributed by atoms with Gasteiger partial charge in [0.25, 0.3) is 0 Å². The molecule has 2 aromatic rings. The molecule has 0 radical (unpaired) electrons. The molecular weight excluding hydrogens is 244 g/mol. The third-order valence-corrected chi connectivity index (χ3v) is 3.71. The standard InChI is InChI=1S/C18H18N2/c1-3-14-9-5-7-11-16(14)18-19-12-17(20-18)15-10-6-4-8-13(15)2/h4-11H,3,12H2,1-2H3. The lowest BCUT2D eigenvalue weighted by molar-refractivity contribution is 1.13. The van der Waals surface area contributed by atoms with Gasteiger partial charge in [0, 0.05) is 11.1 Å². The van der Waals surface area contributed by atoms with Crippen molar-refractivity contribution in [1.29, 1.82) is 0 Å². The zero-order chi connectivity index (χ0) is 13.9. The smallest absolute Gasteiger partial charge is 0.155 e. The molecule has 1 aliphatic heterocycles. The predicted molar refractivity (Wildman–Crippen MR) is 84.9 cm³/mol. The highest BCUT2D eigenvalue weighted by Gasteiger charge is 2.16. The molecule has 2 heteroatoms. The summed E-state index contributed by atoms with van der Waals surface area (Å²) in [5, 5.41) is 0. The first-order valence-electron chi connectivity index (χ1n) is 7.06. The summed E-state index contributed by atoms with van der Waals surface area (Å²) in [6, 6.07) is 16.8. The van der Waals surface area contributed by atoms with Crippen molar-refractivity contribution in [1.82, 2.24) is 0 Å². The fourth-order valence-electron chi connectivity index (χ4n) is 2.58. The average Bonchev–Trinajstić information content (AvgIpc) is 2.97. The molecule has 100 valence electrons. The van der Waals surface area contributed by atoms with Gasteiger partial charge in [-0.05, 0) is 24.5 Å². The molecule has 0 atom stereocenters. The number of benzene rings is 2. The lowest BCUT2D eigenvalue weighted by atomic mass is 10.0. The van der Waals surface area contributed by atoms with Crippen LogP contribution >= 0.6 is 0 Å². The Morgan fingerprint density at radius 1 is 0.950 bits per heavy atom. The molecule has 0 aromatic heterocycles. The van der Waals surface area contributed by atoms with Crippen LogP contribution in [0.5, 0.6) is 0 Å². The lowest BCUT2D eigenvalue weighted by Crippen LogP contribution is -2.04. The molecule has 0 aliphatic carbocycles. The summed E-state index contributed by atoms with van der Waals surface area (Å²) in [6.45, 7) is 4.97. The van der Waals surface area contributed by atoms with Crippen molar-refractivity contribution in [2.75, 3.05) is 6.54 Å². The maximum absolute atomic E-state index is 4.76. The van der Waals surface area contributed by atoms with E-state index in [0.717, 1.165) is 18.0 Å². The summed E-state index contributed by atoms with van der Waals surface area (Å²) in [5.41, 5.74) is 6.01. The van der Waals surface area contributed by atoms with Crippen molar-refractivity contribution in [3.8, 4) is 0 Å². The Labute approximate surface area is 119 Å². The van der Waals surface area contributed by atoms with Crippen molar-refractivity contribution in [3.05, 3.63) is 70.8 Å². The second kappa shape index (κ2) is 5.41. The highest BCUT2D eigenvalue weighted by Crippen LogP contribution is 2.18. The summed E-state index contributed by atoms with van der Waals surface area (Å²) in [5.74, 6) is 0.876. The average molecular weight is 262 g/mol. The largest absolute Gasteiger partial charge is 0.260 e. The van der Waals surface area contributed by atoms with Gasteiger partial charge in [0.05, 0.1) is 12.3 Å². The normalized spacial score (nSPS) is 14.1. The van der Waals surface area contributed by atoms with Crippen LogP contribution < -0.4 is 0 Å². The van der Waals surface area contributed by atoms with E-state index in [1.54, 1.807) is 0 Å². The van der Waals surface area contributed by atoms with Crippen LogP contribution in [0.2, 0.25) is 0 Å². The molecular formula is C18H18N2. The van der Waals surface area contributed by atoms with Gasteiger partial charge in [0.1, 0.15) is 0 Å². The Hall–Kier alpha value is -2.22. The third kappa shape index (κ3) is 2.29. The lowest BCUT2D eigenvalue weighted by Gasteiger charge is -2.05. The molecule has 0 saturated carbocycles. The number of hydrogen-bond donors (Lipinski definition) is 0. The third-order valence-electron chi connectivity index (χ3n) is 3.71. The molecule has 1 aliphatic rings. The van der Waals surface area contributed by atoms with E-state index in [4.69, 9.17) is 4.99 Å². The molecule has 3 rings (SSSR count). The van der Waals surface area contributed by atoms with Crippen LogP contribution in [0.25, 0.3) is 0 Å². The Bertz CT molecular complexity index is 696. The van der Waals surface area contributed by atoms with Gasteiger partial charge in [-0.1, -0.05) is 55.5 Å². The summed E-state index contributed by atoms with van der Waals surface area (Å²) in [7, 11) is 0. The highest BCUT2D eigenvalue weighted by molar-refractivity contribution is 6.18. The molecule has 0 amide bonds. The number of aryl methyl sites for hydroxylation is 2. The predicted octanol–water partition coefficient (Wildman–Crippen LogP) is 3.81. The summed E-state index contributed by atoms with van der Waals surface area (Å²) < 4.78 is 0. The van der Waals surface area contributed by atoms with Crippen molar-refractivity contribution in [2.24, 2.45) is 9.98 Å². The van der Waals surface area contributed by atoms with Gasteiger partial charge in [0.15, 0.2) is 5.84 Å². The van der Waals surface area contributed by atoms with Crippen molar-refractivity contribution in [3.63, 3.8) is 0 Å². The van der Waals surface area contributed by atoms with Crippen LogP contribution in [0, 0.1) is 6.92 Å². The number of hydrogen-bond acceptors (Lipinski definition) is 2. The molecule has 0 unspecified atom stereocenters. The number of rotatable bonds is 3. The van der Waals surface area contributed by atoms with E-state index in [1.165, 1.54) is 22.3 Å². The minimum absolute atomic E-state index is 0.679. The van der Waals surface area contributed by atoms with E-state index < -0.39 is 0 Å². The minimum atomic E-state index is 0.679. The van der Waals surface area contributed by atoms with Gasteiger partial charge in [-0.25, -0.2) is 4.99 Å².